The first-order chi connectivity index (χ1) is 31.2. The van der Waals surface area contributed by atoms with Crippen LogP contribution in [0.1, 0.15) is 94.4 Å². The quantitative estimate of drug-likeness (QED) is 0.0400. The maximum absolute atomic E-state index is 14.8. The molecule has 1 atom stereocenters. The van der Waals surface area contributed by atoms with Gasteiger partial charge in [-0.25, -0.2) is 9.59 Å². The number of carbonyl (C=O) groups excluding carboxylic acids is 3. The predicted octanol–water partition coefficient (Wildman–Crippen LogP) is 9.87. The van der Waals surface area contributed by atoms with Crippen molar-refractivity contribution in [1.82, 2.24) is 9.80 Å². The van der Waals surface area contributed by atoms with Gasteiger partial charge < -0.3 is 23.2 Å². The summed E-state index contributed by atoms with van der Waals surface area (Å²) < 4.78 is 25.6. The lowest BCUT2D eigenvalue weighted by molar-refractivity contribution is -0.135. The van der Waals surface area contributed by atoms with Crippen molar-refractivity contribution in [2.45, 2.75) is 116 Å². The molecule has 12 heteroatoms. The SMILES string of the molecule is COC(=O)/C(Br)=C/CCN(CCCCCO[Si](c1ccccc1)(c1ccccc1)C(C)(C)C)C(=O)C1=CN(C(=O)OC(C)(C)C)[C@@H](CO[Si](c2ccccc2)(c2ccccc2)C(C)(C)C)C1. The second kappa shape index (κ2) is 22.9. The van der Waals surface area contributed by atoms with Crippen LogP contribution in [0.3, 0.4) is 0 Å². The summed E-state index contributed by atoms with van der Waals surface area (Å²) in [5.41, 5.74) is -0.254. The molecule has 0 radical (unpaired) electrons. The number of hydrogen-bond acceptors (Lipinski definition) is 7. The van der Waals surface area contributed by atoms with E-state index in [0.29, 0.717) is 42.6 Å². The largest absolute Gasteiger partial charge is 0.465 e. The van der Waals surface area contributed by atoms with Crippen molar-refractivity contribution >= 4 is 71.3 Å². The summed E-state index contributed by atoms with van der Waals surface area (Å²) in [5, 5.41) is 4.33. The molecule has 0 bridgehead atoms. The molecule has 9 nitrogen and oxygen atoms in total. The number of ether oxygens (including phenoxy) is 2. The van der Waals surface area contributed by atoms with Gasteiger partial charge in [-0.1, -0.05) is 169 Å². The Hall–Kier alpha value is -4.60. The first-order valence-electron chi connectivity index (χ1n) is 23.2. The third-order valence-corrected chi connectivity index (χ3v) is 22.8. The maximum atomic E-state index is 14.8. The number of unbranched alkanes of at least 4 members (excludes halogenated alkanes) is 2. The number of rotatable bonds is 19. The van der Waals surface area contributed by atoms with E-state index in [2.05, 4.69) is 142 Å². The van der Waals surface area contributed by atoms with E-state index in [0.717, 1.165) is 29.6 Å². The Bertz CT molecular complexity index is 2180. The van der Waals surface area contributed by atoms with Gasteiger partial charge in [0.25, 0.3) is 22.5 Å². The molecule has 0 N–H and O–H groups in total. The van der Waals surface area contributed by atoms with Gasteiger partial charge in [-0.05, 0) is 93.2 Å². The number of carbonyl (C=O) groups is 3. The molecule has 0 saturated heterocycles. The number of methoxy groups -OCH3 is 1. The zero-order valence-corrected chi connectivity index (χ0v) is 44.4. The second-order valence-corrected chi connectivity index (χ2v) is 29.5. The van der Waals surface area contributed by atoms with Crippen LogP contribution in [0.15, 0.2) is 144 Å². The van der Waals surface area contributed by atoms with Crippen molar-refractivity contribution in [3.8, 4) is 0 Å². The summed E-state index contributed by atoms with van der Waals surface area (Å²) in [5.74, 6) is -0.647. The Morgan fingerprint density at radius 2 is 1.12 bits per heavy atom. The first kappa shape index (κ1) is 52.4. The van der Waals surface area contributed by atoms with Crippen molar-refractivity contribution in [3.63, 3.8) is 0 Å². The van der Waals surface area contributed by atoms with Crippen molar-refractivity contribution < 1.29 is 32.7 Å². The van der Waals surface area contributed by atoms with Crippen LogP contribution in [0.4, 0.5) is 4.79 Å². The zero-order valence-electron chi connectivity index (χ0n) is 40.8. The highest BCUT2D eigenvalue weighted by atomic mass is 79.9. The summed E-state index contributed by atoms with van der Waals surface area (Å²) in [6.45, 7) is 20.6. The van der Waals surface area contributed by atoms with Crippen LogP contribution in [0.25, 0.3) is 0 Å². The molecule has 4 aromatic rings. The van der Waals surface area contributed by atoms with E-state index in [1.54, 1.807) is 17.2 Å². The molecule has 1 aliphatic rings. The molecule has 354 valence electrons. The number of esters is 1. The van der Waals surface area contributed by atoms with Crippen LogP contribution in [0.2, 0.25) is 10.1 Å². The molecule has 0 spiro atoms. The fraction of sp³-hybridized carbons (Fsp3) is 0.426. The number of benzene rings is 4. The molecule has 1 aliphatic heterocycles. The van der Waals surface area contributed by atoms with Crippen molar-refractivity contribution in [2.24, 2.45) is 0 Å². The third-order valence-electron chi connectivity index (χ3n) is 12.1. The summed E-state index contributed by atoms with van der Waals surface area (Å²) in [6.07, 6.45) is 5.97. The van der Waals surface area contributed by atoms with Crippen molar-refractivity contribution in [2.75, 3.05) is 33.4 Å². The molecule has 0 fully saturated rings. The molecule has 2 amide bonds. The number of nitrogens with zero attached hydrogens (tertiary/aromatic N) is 2. The summed E-state index contributed by atoms with van der Waals surface area (Å²) >= 11 is 3.33. The van der Waals surface area contributed by atoms with Gasteiger partial charge >= 0.3 is 12.1 Å². The van der Waals surface area contributed by atoms with Gasteiger partial charge in [-0.2, -0.15) is 0 Å². The summed E-state index contributed by atoms with van der Waals surface area (Å²) in [6, 6.07) is 41.6. The molecular formula is C54H71BrN2O7Si2. The van der Waals surface area contributed by atoms with Gasteiger partial charge in [-0.3, -0.25) is 9.69 Å². The fourth-order valence-corrected chi connectivity index (χ4v) is 18.7. The molecule has 0 aromatic heterocycles. The van der Waals surface area contributed by atoms with Crippen LogP contribution in [-0.4, -0.2) is 89.5 Å². The van der Waals surface area contributed by atoms with E-state index in [-0.39, 0.29) is 22.6 Å². The minimum atomic E-state index is -2.98. The van der Waals surface area contributed by atoms with Crippen molar-refractivity contribution in [3.05, 3.63) is 144 Å². The molecular weight excluding hydrogens is 925 g/mol. The highest BCUT2D eigenvalue weighted by molar-refractivity contribution is 9.12. The predicted molar refractivity (Wildman–Crippen MR) is 276 cm³/mol. The van der Waals surface area contributed by atoms with E-state index >= 15 is 0 Å². The minimum Gasteiger partial charge on any atom is -0.465 e. The second-order valence-electron chi connectivity index (χ2n) is 20.1. The van der Waals surface area contributed by atoms with E-state index in [9.17, 15) is 14.4 Å². The minimum absolute atomic E-state index is 0.129. The lowest BCUT2D eigenvalue weighted by Crippen LogP contribution is -2.67. The van der Waals surface area contributed by atoms with E-state index in [1.807, 2.05) is 62.1 Å². The number of amides is 2. The zero-order chi connectivity index (χ0) is 48.2. The monoisotopic (exact) mass is 994 g/mol. The smallest absolute Gasteiger partial charge is 0.414 e. The molecule has 0 aliphatic carbocycles. The molecule has 0 saturated carbocycles. The lowest BCUT2D eigenvalue weighted by atomic mass is 10.1. The molecule has 5 rings (SSSR count). The normalized spacial score (nSPS) is 15.0. The average molecular weight is 996 g/mol. The van der Waals surface area contributed by atoms with Crippen LogP contribution in [0, 0.1) is 0 Å². The lowest BCUT2D eigenvalue weighted by Gasteiger charge is -2.44. The third kappa shape index (κ3) is 12.7. The Morgan fingerprint density at radius 1 is 0.667 bits per heavy atom. The van der Waals surface area contributed by atoms with Gasteiger partial charge in [0, 0.05) is 37.9 Å². The van der Waals surface area contributed by atoms with Gasteiger partial charge in [-0.15, -0.1) is 0 Å². The number of hydrogen-bond donors (Lipinski definition) is 0. The summed E-state index contributed by atoms with van der Waals surface area (Å²) in [4.78, 5) is 44.4. The Balaban J connectivity index is 1.38. The van der Waals surface area contributed by atoms with Gasteiger partial charge in [0.1, 0.15) is 5.60 Å². The van der Waals surface area contributed by atoms with E-state index < -0.39 is 40.3 Å². The topological polar surface area (TPSA) is 94.6 Å². The Labute approximate surface area is 405 Å². The van der Waals surface area contributed by atoms with Crippen LogP contribution in [-0.2, 0) is 27.9 Å². The number of halogens is 1. The highest BCUT2D eigenvalue weighted by Gasteiger charge is 2.52. The molecule has 0 unspecified atom stereocenters. The average Bonchev–Trinajstić information content (AvgIpc) is 3.72. The molecule has 66 heavy (non-hydrogen) atoms. The molecule has 4 aromatic carbocycles. The van der Waals surface area contributed by atoms with Crippen LogP contribution in [0.5, 0.6) is 0 Å². The summed E-state index contributed by atoms with van der Waals surface area (Å²) in [7, 11) is -4.33. The molecule has 1 heterocycles. The standard InChI is InChI=1S/C54H71BrN2O7Si2/c1-52(2,3)64-51(60)57-40-42(39-43(57)41-63-66(54(7,8)9,46-31-20-13-21-32-46)47-33-22-14-23-34-47)49(58)56(37-26-35-48(55)50(59)61-10)36-24-15-25-38-62-65(53(4,5)6,44-27-16-11-17-28-44)45-29-18-12-19-30-45/h11-14,16-23,27-35,40,43H,15,24-26,36-39,41H2,1-10H3/b48-35-/t43-/m1/s1. The van der Waals surface area contributed by atoms with Gasteiger partial charge in [0.15, 0.2) is 0 Å². The van der Waals surface area contributed by atoms with Crippen LogP contribution >= 0.6 is 15.9 Å². The highest BCUT2D eigenvalue weighted by Crippen LogP contribution is 2.39. The first-order valence-corrected chi connectivity index (χ1v) is 27.8. The Morgan fingerprint density at radius 3 is 1.55 bits per heavy atom. The van der Waals surface area contributed by atoms with E-state index in [4.69, 9.17) is 18.3 Å². The van der Waals surface area contributed by atoms with Crippen molar-refractivity contribution in [1.29, 1.82) is 0 Å². The van der Waals surface area contributed by atoms with Gasteiger partial charge in [0.2, 0.25) is 0 Å². The maximum Gasteiger partial charge on any atom is 0.414 e. The van der Waals surface area contributed by atoms with E-state index in [1.165, 1.54) is 17.5 Å². The Kier molecular flexibility index (Phi) is 18.2. The van der Waals surface area contributed by atoms with Crippen LogP contribution < -0.4 is 20.7 Å². The fourth-order valence-electron chi connectivity index (χ4n) is 9.07. The van der Waals surface area contributed by atoms with Gasteiger partial charge in [0.05, 0.1) is 24.2 Å².